The number of rotatable bonds is 20. The van der Waals surface area contributed by atoms with Crippen LogP contribution in [0.15, 0.2) is 101 Å². The number of benzene rings is 3. The molecule has 1 fully saturated rings. The number of fused-ring (bicyclic) bond motifs is 2. The quantitative estimate of drug-likeness (QED) is 0.0377. The van der Waals surface area contributed by atoms with Gasteiger partial charge in [-0.1, -0.05) is 42.3 Å². The van der Waals surface area contributed by atoms with Crippen LogP contribution in [-0.4, -0.2) is 84.4 Å². The number of aliphatic hydroxyl groups is 2. The number of alkyl halides is 1. The van der Waals surface area contributed by atoms with Crippen LogP contribution in [-0.2, 0) is 20.9 Å². The largest absolute Gasteiger partial charge is 0.459 e. The van der Waals surface area contributed by atoms with Crippen LogP contribution in [0.4, 0.5) is 9.18 Å². The average molecular weight is 837 g/mol. The zero-order chi connectivity index (χ0) is 41.1. The molecule has 1 heterocycles. The van der Waals surface area contributed by atoms with Crippen molar-refractivity contribution in [1.29, 1.82) is 0 Å². The van der Waals surface area contributed by atoms with Crippen LogP contribution in [0.3, 0.4) is 0 Å². The Hall–Kier alpha value is -4.07. The van der Waals surface area contributed by atoms with Gasteiger partial charge in [0, 0.05) is 42.6 Å². The van der Waals surface area contributed by atoms with Crippen LogP contribution in [0.1, 0.15) is 62.0 Å². The monoisotopic (exact) mass is 836 g/mol. The van der Waals surface area contributed by atoms with E-state index in [0.29, 0.717) is 41.4 Å². The standard InChI is InChI=1S/C45H54ClFN2O8S/c1-4-24-55-45-41(49(44(52)54-25-21-46)29-30-11-13-32(47)14-12-30)28-39(48-53-2)37-26-31(9-5-7-22-50)36(10-6-8-23-51)42(43(37)45)38-27-34(17-20-40(38)57-45)56-33-15-18-35(58-3)19-16-33/h4,11-20,26-27,31,36,41-43,50-51H,1,5-10,21-25,28-29H2,2-3H3/t31-,36+,41-,42+,43+,45+/m0/s1. The fraction of sp³-hybridized carbons (Fsp3) is 0.467. The van der Waals surface area contributed by atoms with Crippen molar-refractivity contribution < 1.29 is 43.2 Å². The Balaban J connectivity index is 1.58. The van der Waals surface area contributed by atoms with Crippen molar-refractivity contribution in [2.75, 3.05) is 45.7 Å². The maximum atomic E-state index is 14.3. The molecule has 10 nitrogen and oxygen atoms in total. The molecule has 1 amide bonds. The van der Waals surface area contributed by atoms with E-state index in [1.54, 1.807) is 34.9 Å². The van der Waals surface area contributed by atoms with Crippen molar-refractivity contribution in [2.45, 2.75) is 74.1 Å². The zero-order valence-electron chi connectivity index (χ0n) is 33.2. The van der Waals surface area contributed by atoms with Gasteiger partial charge in [-0.05, 0) is 110 Å². The number of ether oxygens (including phenoxy) is 4. The van der Waals surface area contributed by atoms with Gasteiger partial charge in [-0.15, -0.1) is 29.9 Å². The van der Waals surface area contributed by atoms with Gasteiger partial charge in [-0.25, -0.2) is 9.18 Å². The van der Waals surface area contributed by atoms with Gasteiger partial charge in [0.05, 0.1) is 24.1 Å². The first kappa shape index (κ1) is 43.5. The number of hydrogen-bond donors (Lipinski definition) is 2. The van der Waals surface area contributed by atoms with Crippen molar-refractivity contribution in [3.63, 3.8) is 0 Å². The molecule has 312 valence electrons. The highest BCUT2D eigenvalue weighted by molar-refractivity contribution is 7.98. The molecular weight excluding hydrogens is 783 g/mol. The summed E-state index contributed by atoms with van der Waals surface area (Å²) in [6.45, 7) is 4.28. The van der Waals surface area contributed by atoms with Gasteiger partial charge in [0.15, 0.2) is 0 Å². The van der Waals surface area contributed by atoms with E-state index >= 15 is 0 Å². The van der Waals surface area contributed by atoms with Crippen LogP contribution in [0, 0.1) is 23.6 Å². The summed E-state index contributed by atoms with van der Waals surface area (Å²) in [6.07, 6.45) is 10.0. The first-order chi connectivity index (χ1) is 28.3. The third kappa shape index (κ3) is 9.69. The molecule has 13 heteroatoms. The van der Waals surface area contributed by atoms with E-state index in [0.717, 1.165) is 41.7 Å². The number of amides is 1. The number of carbonyl (C=O) groups is 1. The summed E-state index contributed by atoms with van der Waals surface area (Å²) < 4.78 is 40.6. The maximum Gasteiger partial charge on any atom is 0.410 e. The summed E-state index contributed by atoms with van der Waals surface area (Å²) in [5.74, 6) is -0.543. The smallest absolute Gasteiger partial charge is 0.410 e. The van der Waals surface area contributed by atoms with Gasteiger partial charge in [-0.3, -0.25) is 4.90 Å². The fourth-order valence-electron chi connectivity index (χ4n) is 8.90. The Morgan fingerprint density at radius 1 is 1.05 bits per heavy atom. The molecule has 3 aromatic carbocycles. The number of aliphatic hydroxyl groups excluding tert-OH is 2. The van der Waals surface area contributed by atoms with E-state index < -0.39 is 29.7 Å². The van der Waals surface area contributed by atoms with E-state index in [1.165, 1.54) is 19.2 Å². The molecule has 1 saturated carbocycles. The molecule has 1 aliphatic heterocycles. The Kier molecular flexibility index (Phi) is 15.6. The van der Waals surface area contributed by atoms with Gasteiger partial charge in [0.1, 0.15) is 42.8 Å². The Labute approximate surface area is 350 Å². The van der Waals surface area contributed by atoms with Crippen molar-refractivity contribution in [2.24, 2.45) is 22.9 Å². The number of thioether (sulfide) groups is 1. The Bertz CT molecular complexity index is 1900. The van der Waals surface area contributed by atoms with E-state index in [-0.39, 0.29) is 63.0 Å². The second-order valence-electron chi connectivity index (χ2n) is 14.8. The predicted molar refractivity (Wildman–Crippen MR) is 224 cm³/mol. The number of unbranched alkanes of at least 4 members (excludes halogenated alkanes) is 2. The SMILES string of the molecule is C=CCO[C@@]12Oc3ccc(Oc4ccc(SC)cc4)cc3[C@H]3[C@H](CCCCO)[C@@H](CCCCO)C=C(C(=NOC)C[C@@H]1N(Cc1ccc(F)cc1)C(=O)OCCCl)[C@H]32. The lowest BCUT2D eigenvalue weighted by Gasteiger charge is -2.59. The number of halogens is 2. The molecule has 0 spiro atoms. The zero-order valence-corrected chi connectivity index (χ0v) is 34.8. The lowest BCUT2D eigenvalue weighted by Crippen LogP contribution is -2.70. The lowest BCUT2D eigenvalue weighted by atomic mass is 9.55. The predicted octanol–water partition coefficient (Wildman–Crippen LogP) is 9.48. The highest BCUT2D eigenvalue weighted by atomic mass is 35.5. The van der Waals surface area contributed by atoms with Crippen LogP contribution in [0.5, 0.6) is 17.2 Å². The van der Waals surface area contributed by atoms with Crippen LogP contribution >= 0.6 is 23.4 Å². The van der Waals surface area contributed by atoms with Crippen LogP contribution in [0.2, 0.25) is 0 Å². The summed E-state index contributed by atoms with van der Waals surface area (Å²) in [5, 5.41) is 24.4. The fourth-order valence-corrected chi connectivity index (χ4v) is 9.38. The first-order valence-corrected chi connectivity index (χ1v) is 21.7. The van der Waals surface area contributed by atoms with Crippen molar-refractivity contribution in [1.82, 2.24) is 4.90 Å². The van der Waals surface area contributed by atoms with E-state index in [4.69, 9.17) is 35.4 Å². The number of hydrogen-bond acceptors (Lipinski definition) is 10. The molecule has 2 N–H and O–H groups in total. The summed E-state index contributed by atoms with van der Waals surface area (Å²) in [4.78, 5) is 22.6. The topological polar surface area (TPSA) is 119 Å². The number of nitrogens with zero attached hydrogens (tertiary/aromatic N) is 2. The minimum atomic E-state index is -1.49. The molecule has 3 aromatic rings. The van der Waals surface area contributed by atoms with Gasteiger partial charge < -0.3 is 34.0 Å². The molecule has 0 bridgehead atoms. The minimum Gasteiger partial charge on any atom is -0.459 e. The van der Waals surface area contributed by atoms with Crippen molar-refractivity contribution in [3.8, 4) is 17.2 Å². The summed E-state index contributed by atoms with van der Waals surface area (Å²) in [5.41, 5.74) is 3.15. The van der Waals surface area contributed by atoms with Crippen LogP contribution in [0.25, 0.3) is 0 Å². The number of allylic oxidation sites excluding steroid dienone is 1. The van der Waals surface area contributed by atoms with Gasteiger partial charge in [0.2, 0.25) is 5.79 Å². The maximum absolute atomic E-state index is 14.3. The summed E-state index contributed by atoms with van der Waals surface area (Å²) >= 11 is 7.69. The Morgan fingerprint density at radius 2 is 1.78 bits per heavy atom. The third-order valence-corrected chi connectivity index (χ3v) is 12.2. The molecular formula is C45H54ClFN2O8S. The van der Waals surface area contributed by atoms with Gasteiger partial charge in [-0.2, -0.15) is 0 Å². The number of carbonyl (C=O) groups excluding carboxylic acids is 1. The highest BCUT2D eigenvalue weighted by Crippen LogP contribution is 2.62. The molecule has 0 radical (unpaired) electrons. The molecule has 0 unspecified atom stereocenters. The Morgan fingerprint density at radius 3 is 2.45 bits per heavy atom. The van der Waals surface area contributed by atoms with E-state index in [9.17, 15) is 19.4 Å². The van der Waals surface area contributed by atoms with E-state index in [2.05, 4.69) is 23.9 Å². The third-order valence-electron chi connectivity index (χ3n) is 11.3. The molecule has 3 aliphatic rings. The number of oxime groups is 1. The second-order valence-corrected chi connectivity index (χ2v) is 16.0. The summed E-state index contributed by atoms with van der Waals surface area (Å²) in [7, 11) is 1.50. The highest BCUT2D eigenvalue weighted by Gasteiger charge is 2.65. The second kappa shape index (κ2) is 20.8. The molecule has 58 heavy (non-hydrogen) atoms. The van der Waals surface area contributed by atoms with Crippen molar-refractivity contribution >= 4 is 35.2 Å². The van der Waals surface area contributed by atoms with Gasteiger partial charge >= 0.3 is 6.09 Å². The molecule has 0 aromatic heterocycles. The normalized spacial score (nSPS) is 23.9. The molecule has 2 aliphatic carbocycles. The molecule has 6 rings (SSSR count). The van der Waals surface area contributed by atoms with Gasteiger partial charge in [0.25, 0.3) is 0 Å². The lowest BCUT2D eigenvalue weighted by molar-refractivity contribution is -0.256. The molecule has 0 saturated heterocycles. The summed E-state index contributed by atoms with van der Waals surface area (Å²) in [6, 6.07) is 18.9. The minimum absolute atomic E-state index is 0.0285. The average Bonchev–Trinajstić information content (AvgIpc) is 3.24. The molecule has 6 atom stereocenters. The van der Waals surface area contributed by atoms with Crippen molar-refractivity contribution in [3.05, 3.63) is 108 Å². The first-order valence-electron chi connectivity index (χ1n) is 20.0. The van der Waals surface area contributed by atoms with E-state index in [1.807, 2.05) is 42.7 Å². The van der Waals surface area contributed by atoms with Crippen LogP contribution < -0.4 is 9.47 Å².